The zero-order valence-electron chi connectivity index (χ0n) is 52.2. The van der Waals surface area contributed by atoms with Crippen LogP contribution in [0, 0.1) is 5.92 Å². The molecule has 3 aromatic rings. The first-order chi connectivity index (χ1) is 43.3. The number of fused-ring (bicyclic) bond motifs is 1. The maximum Gasteiger partial charge on any atom is 0.243 e. The fraction of sp³-hybridized carbons (Fsp3) is 0.542. The first kappa shape index (κ1) is 76.2. The number of nitrogens with one attached hydrogen (secondary N) is 10. The van der Waals surface area contributed by atoms with E-state index in [0.717, 1.165) is 10.9 Å². The minimum Gasteiger partial charge on any atom is -0.370 e. The van der Waals surface area contributed by atoms with E-state index in [2.05, 4.69) is 62.8 Å². The van der Waals surface area contributed by atoms with Gasteiger partial charge in [0.05, 0.1) is 12.5 Å². The van der Waals surface area contributed by atoms with Gasteiger partial charge in [0, 0.05) is 49.5 Å². The topological polar surface area (TPSA) is 545 Å². The summed E-state index contributed by atoms with van der Waals surface area (Å²) < 4.78 is 0. The molecule has 0 aliphatic carbocycles. The lowest BCUT2D eigenvalue weighted by Gasteiger charge is -2.29. The van der Waals surface area contributed by atoms with Gasteiger partial charge in [0.1, 0.15) is 48.3 Å². The molecule has 26 N–H and O–H groups in total. The second-order valence-corrected chi connectivity index (χ2v) is 22.9. The van der Waals surface area contributed by atoms with Crippen LogP contribution >= 0.6 is 11.8 Å². The van der Waals surface area contributed by atoms with E-state index < -0.39 is 145 Å². The summed E-state index contributed by atoms with van der Waals surface area (Å²) in [4.78, 5) is 163. The number of nitrogens with zero attached hydrogens (tertiary/aromatic N) is 2. The largest absolute Gasteiger partial charge is 0.370 e. The number of amides is 11. The van der Waals surface area contributed by atoms with Gasteiger partial charge in [-0.15, -0.1) is 0 Å². The summed E-state index contributed by atoms with van der Waals surface area (Å²) in [6, 6.07) is 3.48. The van der Waals surface area contributed by atoms with Crippen molar-refractivity contribution in [2.24, 2.45) is 61.8 Å². The van der Waals surface area contributed by atoms with Crippen molar-refractivity contribution in [2.45, 2.75) is 158 Å². The third-order valence-electron chi connectivity index (χ3n) is 14.8. The van der Waals surface area contributed by atoms with Crippen LogP contribution in [-0.2, 0) is 65.6 Å². The van der Waals surface area contributed by atoms with Crippen molar-refractivity contribution in [1.82, 2.24) is 52.8 Å². The van der Waals surface area contributed by atoms with Crippen LogP contribution in [0.15, 0.2) is 70.8 Å². The number of guanidine groups is 2. The predicted octanol–water partition coefficient (Wildman–Crippen LogP) is -3.92. The SMILES string of the molecule is CCC(C)[C@H](NC(=O)[C@@H](CCCCN)NC)C(=O)N[C@H](Cc1c[nH]c2ccccc12)C(=O)N[C@@H](Cc1ccccc1)C(=O)N[C@@H](CCC(N)=O)C(=O)N[C@@H](CC(N)=O)C(=O)N[C@@H](CCCN=C(N)N)C(=O)N[C@@H](CCCN=C(N)N)C(=O)N[C@@H](CCSC)C(N)=O. The van der Waals surface area contributed by atoms with E-state index >= 15 is 0 Å². The standard InChI is InChI=1S/C59H94N20O11S/c1-5-33(2)48(79-50(83)39(68-3)19-11-12-25-60)57(90)78-44(30-35-32-71-37-18-10-9-17-36(35)37)55(88)76-43(29-34-15-7-6-8-16-34)54(87)75-42(22-23-46(61)80)53(86)77-45(31-47(62)81)56(89)74-41(21-14-27-70-59(66)67)52(85)73-40(20-13-26-69-58(64)65)51(84)72-38(49(63)82)24-28-91-4/h6-10,15-18,32-33,38-45,48,68,71H,5,11-14,19-31,60H2,1-4H3,(H2,61,80)(H2,62,81)(H2,63,82)(H,72,84)(H,73,85)(H,74,89)(H,75,87)(H,76,88)(H,77,86)(H,78,90)(H,79,83)(H4,64,65,69)(H4,66,67,70)/t33?,38-,39+,40-,41-,42-,43-,44+,45-,48-/m0/s1. The Labute approximate surface area is 533 Å². The van der Waals surface area contributed by atoms with Crippen LogP contribution in [0.25, 0.3) is 10.9 Å². The van der Waals surface area contributed by atoms with Crippen LogP contribution in [0.4, 0.5) is 0 Å². The number of carbonyl (C=O) groups is 11. The lowest BCUT2D eigenvalue weighted by molar-refractivity contribution is -0.136. The number of hydrogen-bond acceptors (Lipinski definition) is 16. The number of thioether (sulfide) groups is 1. The van der Waals surface area contributed by atoms with Crippen LogP contribution in [0.3, 0.4) is 0 Å². The van der Waals surface area contributed by atoms with Gasteiger partial charge >= 0.3 is 0 Å². The molecule has 91 heavy (non-hydrogen) atoms. The van der Waals surface area contributed by atoms with Crippen molar-refractivity contribution in [3.63, 3.8) is 0 Å². The third kappa shape index (κ3) is 27.7. The van der Waals surface area contributed by atoms with Gasteiger partial charge in [0.25, 0.3) is 0 Å². The normalized spacial score (nSPS) is 14.3. The molecule has 0 aliphatic heterocycles. The van der Waals surface area contributed by atoms with E-state index in [-0.39, 0.29) is 70.0 Å². The number of likely N-dealkylation sites (N-methyl/N-ethyl adjacent to an activating group) is 1. The van der Waals surface area contributed by atoms with Gasteiger partial charge in [-0.3, -0.25) is 62.7 Å². The lowest BCUT2D eigenvalue weighted by Crippen LogP contribution is -2.61. The summed E-state index contributed by atoms with van der Waals surface area (Å²) in [5, 5.41) is 24.9. The predicted molar refractivity (Wildman–Crippen MR) is 347 cm³/mol. The van der Waals surface area contributed by atoms with E-state index in [1.165, 1.54) is 11.8 Å². The van der Waals surface area contributed by atoms with Crippen LogP contribution < -0.4 is 93.7 Å². The number of aliphatic imine (C=N–C) groups is 2. The number of aromatic nitrogens is 1. The Morgan fingerprint density at radius 2 is 0.989 bits per heavy atom. The molecule has 2 aromatic carbocycles. The van der Waals surface area contributed by atoms with E-state index in [4.69, 9.17) is 45.9 Å². The Morgan fingerprint density at radius 1 is 0.516 bits per heavy atom. The summed E-state index contributed by atoms with van der Waals surface area (Å²) in [6.45, 7) is 4.06. The van der Waals surface area contributed by atoms with Gasteiger partial charge in [-0.25, -0.2) is 0 Å². The molecule has 0 radical (unpaired) electrons. The summed E-state index contributed by atoms with van der Waals surface area (Å²) in [6.07, 6.45) is 3.61. The summed E-state index contributed by atoms with van der Waals surface area (Å²) >= 11 is 1.40. The number of para-hydroxylation sites is 1. The number of benzene rings is 2. The Balaban J connectivity index is 2.06. The van der Waals surface area contributed by atoms with Crippen molar-refractivity contribution in [2.75, 3.05) is 38.7 Å². The minimum atomic E-state index is -1.87. The molecule has 1 unspecified atom stereocenters. The molecule has 3 rings (SSSR count). The third-order valence-corrected chi connectivity index (χ3v) is 15.5. The molecule has 1 heterocycles. The summed E-state index contributed by atoms with van der Waals surface area (Å²) in [5.74, 6) is -10.3. The highest BCUT2D eigenvalue weighted by Crippen LogP contribution is 2.21. The first-order valence-electron chi connectivity index (χ1n) is 30.2. The molecule has 10 atom stereocenters. The van der Waals surface area contributed by atoms with Crippen LogP contribution in [0.2, 0.25) is 0 Å². The molecule has 0 saturated carbocycles. The highest BCUT2D eigenvalue weighted by atomic mass is 32.2. The molecule has 32 heteroatoms. The molecule has 0 fully saturated rings. The molecule has 502 valence electrons. The Bertz CT molecular complexity index is 2960. The van der Waals surface area contributed by atoms with Crippen molar-refractivity contribution in [3.8, 4) is 0 Å². The fourth-order valence-corrected chi connectivity index (χ4v) is 10.0. The highest BCUT2D eigenvalue weighted by Gasteiger charge is 2.37. The quantitative estimate of drug-likeness (QED) is 0.0146. The van der Waals surface area contributed by atoms with Gasteiger partial charge in [0.2, 0.25) is 65.0 Å². The van der Waals surface area contributed by atoms with Crippen molar-refractivity contribution < 1.29 is 52.7 Å². The number of hydrogen-bond donors (Lipinski definition) is 18. The number of aromatic amines is 1. The molecule has 11 amide bonds. The summed E-state index contributed by atoms with van der Waals surface area (Å²) in [7, 11) is 1.63. The number of carbonyl (C=O) groups excluding carboxylic acids is 11. The van der Waals surface area contributed by atoms with Gasteiger partial charge in [-0.1, -0.05) is 75.2 Å². The van der Waals surface area contributed by atoms with Crippen molar-refractivity contribution in [3.05, 3.63) is 71.9 Å². The molecule has 0 saturated heterocycles. The molecule has 31 nitrogen and oxygen atoms in total. The van der Waals surface area contributed by atoms with Gasteiger partial charge in [-0.2, -0.15) is 11.8 Å². The molecule has 1 aromatic heterocycles. The van der Waals surface area contributed by atoms with E-state index in [1.807, 2.05) is 25.1 Å². The zero-order valence-corrected chi connectivity index (χ0v) is 53.0. The smallest absolute Gasteiger partial charge is 0.243 e. The average Bonchev–Trinajstić information content (AvgIpc) is 2.73. The lowest BCUT2D eigenvalue weighted by atomic mass is 9.96. The molecular formula is C59H94N20O11S. The Hall–Kier alpha value is -9.04. The highest BCUT2D eigenvalue weighted by molar-refractivity contribution is 7.98. The maximum absolute atomic E-state index is 15.0. The Kier molecular flexibility index (Phi) is 34.0. The second-order valence-electron chi connectivity index (χ2n) is 21.9. The number of rotatable bonds is 44. The average molecular weight is 1290 g/mol. The van der Waals surface area contributed by atoms with Gasteiger partial charge in [-0.05, 0) is 100 Å². The van der Waals surface area contributed by atoms with Crippen molar-refractivity contribution in [1.29, 1.82) is 0 Å². The number of nitrogens with two attached hydrogens (primary N) is 8. The minimum absolute atomic E-state index is 0.0356. The number of H-pyrrole nitrogens is 1. The summed E-state index contributed by atoms with van der Waals surface area (Å²) in [5.41, 5.74) is 46.4. The molecule has 0 bridgehead atoms. The molecule has 0 spiro atoms. The second kappa shape index (κ2) is 40.6. The first-order valence-corrected chi connectivity index (χ1v) is 31.6. The zero-order chi connectivity index (χ0) is 67.6. The fourth-order valence-electron chi connectivity index (χ4n) is 9.57. The maximum atomic E-state index is 15.0. The van der Waals surface area contributed by atoms with Crippen LogP contribution in [0.5, 0.6) is 0 Å². The van der Waals surface area contributed by atoms with Crippen molar-refractivity contribution >= 4 is 99.6 Å². The van der Waals surface area contributed by atoms with Gasteiger partial charge < -0.3 is 98.7 Å². The van der Waals surface area contributed by atoms with E-state index in [0.29, 0.717) is 49.1 Å². The van der Waals surface area contributed by atoms with E-state index in [9.17, 15) is 52.7 Å². The Morgan fingerprint density at radius 3 is 1.51 bits per heavy atom. The van der Waals surface area contributed by atoms with Crippen LogP contribution in [-0.4, -0.2) is 175 Å². The van der Waals surface area contributed by atoms with Gasteiger partial charge in [0.15, 0.2) is 11.9 Å². The molecule has 0 aliphatic rings. The number of primary amides is 3. The number of unbranched alkanes of at least 4 members (excludes halogenated alkanes) is 1. The van der Waals surface area contributed by atoms with E-state index in [1.54, 1.807) is 62.8 Å². The molecular weight excluding hydrogens is 1200 g/mol. The monoisotopic (exact) mass is 1290 g/mol. The van der Waals surface area contributed by atoms with Crippen LogP contribution in [0.1, 0.15) is 102 Å².